The number of halogens is 3. The van der Waals surface area contributed by atoms with E-state index >= 15 is 0 Å². The van der Waals surface area contributed by atoms with Gasteiger partial charge in [0, 0.05) is 4.47 Å². The van der Waals surface area contributed by atoms with Crippen molar-refractivity contribution in [3.8, 4) is 0 Å². The molecule has 1 aromatic carbocycles. The Labute approximate surface area is 126 Å². The molecule has 8 heteroatoms. The van der Waals surface area contributed by atoms with Crippen LogP contribution < -0.4 is 11.1 Å². The van der Waals surface area contributed by atoms with Crippen molar-refractivity contribution >= 4 is 50.7 Å². The summed E-state index contributed by atoms with van der Waals surface area (Å²) in [5.74, 6) is -1.57. The van der Waals surface area contributed by atoms with Crippen molar-refractivity contribution in [2.45, 2.75) is 0 Å². The molecule has 104 valence electrons. The first kappa shape index (κ1) is 14.5. The Kier molecular flexibility index (Phi) is 4.10. The van der Waals surface area contributed by atoms with Gasteiger partial charge >= 0.3 is 5.97 Å². The zero-order valence-electron chi connectivity index (χ0n) is 9.82. The summed E-state index contributed by atoms with van der Waals surface area (Å²) < 4.78 is 13.5. The summed E-state index contributed by atoms with van der Waals surface area (Å²) in [6.45, 7) is 0. The zero-order valence-corrected chi connectivity index (χ0v) is 12.2. The van der Waals surface area contributed by atoms with E-state index in [1.807, 2.05) is 0 Å². The highest BCUT2D eigenvalue weighted by Gasteiger charge is 2.13. The average Bonchev–Trinajstić information content (AvgIpc) is 2.35. The van der Waals surface area contributed by atoms with Crippen molar-refractivity contribution in [2.75, 3.05) is 11.1 Å². The number of carboxylic acid groups (broad SMARTS) is 1. The highest BCUT2D eigenvalue weighted by molar-refractivity contribution is 9.10. The number of carbonyl (C=O) groups is 1. The fourth-order valence-corrected chi connectivity index (χ4v) is 2.37. The van der Waals surface area contributed by atoms with E-state index in [0.717, 1.165) is 6.07 Å². The third-order valence-electron chi connectivity index (χ3n) is 2.40. The third kappa shape index (κ3) is 3.00. The SMILES string of the molecule is Nc1ccc(C(=O)O)nc1Nc1c(Cl)cc(F)cc1Br. The van der Waals surface area contributed by atoms with Crippen LogP contribution in [0.1, 0.15) is 10.5 Å². The Balaban J connectivity index is 2.45. The van der Waals surface area contributed by atoms with Crippen LogP contribution in [0.25, 0.3) is 0 Å². The van der Waals surface area contributed by atoms with Gasteiger partial charge in [0.1, 0.15) is 5.82 Å². The number of pyridine rings is 1. The van der Waals surface area contributed by atoms with Gasteiger partial charge in [-0.2, -0.15) is 0 Å². The molecule has 0 saturated carbocycles. The molecule has 0 fully saturated rings. The minimum absolute atomic E-state index is 0.110. The van der Waals surface area contributed by atoms with Crippen molar-refractivity contribution in [1.29, 1.82) is 0 Å². The molecule has 0 aliphatic carbocycles. The Morgan fingerprint density at radius 1 is 1.45 bits per heavy atom. The summed E-state index contributed by atoms with van der Waals surface area (Å²) in [4.78, 5) is 14.7. The van der Waals surface area contributed by atoms with Gasteiger partial charge in [-0.25, -0.2) is 14.2 Å². The first-order valence-corrected chi connectivity index (χ1v) is 6.47. The van der Waals surface area contributed by atoms with E-state index in [1.165, 1.54) is 18.2 Å². The van der Waals surface area contributed by atoms with Gasteiger partial charge in [-0.3, -0.25) is 0 Å². The second-order valence-electron chi connectivity index (χ2n) is 3.81. The van der Waals surface area contributed by atoms with Crippen LogP contribution in [0.4, 0.5) is 21.6 Å². The Hall–Kier alpha value is -1.86. The molecule has 20 heavy (non-hydrogen) atoms. The lowest BCUT2D eigenvalue weighted by molar-refractivity contribution is 0.0690. The molecule has 2 aromatic rings. The molecule has 0 bridgehead atoms. The lowest BCUT2D eigenvalue weighted by Gasteiger charge is -2.12. The predicted molar refractivity (Wildman–Crippen MR) is 78.0 cm³/mol. The van der Waals surface area contributed by atoms with Gasteiger partial charge in [-0.05, 0) is 40.2 Å². The molecule has 0 radical (unpaired) electrons. The molecule has 5 nitrogen and oxygen atoms in total. The smallest absolute Gasteiger partial charge is 0.354 e. The molecule has 0 aliphatic rings. The van der Waals surface area contributed by atoms with Crippen molar-refractivity contribution in [3.63, 3.8) is 0 Å². The van der Waals surface area contributed by atoms with Crippen molar-refractivity contribution in [2.24, 2.45) is 0 Å². The highest BCUT2D eigenvalue weighted by Crippen LogP contribution is 2.34. The standard InChI is InChI=1S/C12H8BrClFN3O2/c13-6-3-5(15)4-7(14)10(6)18-11-8(16)1-2-9(17-11)12(19)20/h1-4H,16H2,(H,17,18)(H,19,20). The molecule has 0 atom stereocenters. The van der Waals surface area contributed by atoms with E-state index in [4.69, 9.17) is 22.4 Å². The van der Waals surface area contributed by atoms with Crippen LogP contribution in [0.5, 0.6) is 0 Å². The van der Waals surface area contributed by atoms with Gasteiger partial charge in [0.2, 0.25) is 0 Å². The fraction of sp³-hybridized carbons (Fsp3) is 0. The van der Waals surface area contributed by atoms with Gasteiger partial charge < -0.3 is 16.2 Å². The third-order valence-corrected chi connectivity index (χ3v) is 3.32. The molecule has 1 aromatic heterocycles. The number of anilines is 3. The summed E-state index contributed by atoms with van der Waals surface area (Å²) >= 11 is 9.08. The van der Waals surface area contributed by atoms with Crippen LogP contribution >= 0.6 is 27.5 Å². The normalized spacial score (nSPS) is 10.3. The molecule has 0 saturated heterocycles. The van der Waals surface area contributed by atoms with E-state index in [1.54, 1.807) is 0 Å². The minimum atomic E-state index is -1.18. The Morgan fingerprint density at radius 2 is 2.15 bits per heavy atom. The molecule has 0 spiro atoms. The topological polar surface area (TPSA) is 88.2 Å². The number of rotatable bonds is 3. The molecular weight excluding hydrogens is 353 g/mol. The summed E-state index contributed by atoms with van der Waals surface area (Å²) in [7, 11) is 0. The number of nitrogens with two attached hydrogens (primary N) is 1. The lowest BCUT2D eigenvalue weighted by Crippen LogP contribution is -2.06. The molecule has 0 amide bonds. The molecular formula is C12H8BrClFN3O2. The largest absolute Gasteiger partial charge is 0.477 e. The maximum Gasteiger partial charge on any atom is 0.354 e. The van der Waals surface area contributed by atoms with Gasteiger partial charge in [0.05, 0.1) is 16.4 Å². The second kappa shape index (κ2) is 5.64. The van der Waals surface area contributed by atoms with Crippen LogP contribution in [0.2, 0.25) is 5.02 Å². The van der Waals surface area contributed by atoms with E-state index in [0.29, 0.717) is 10.2 Å². The average molecular weight is 361 g/mol. The number of hydrogen-bond acceptors (Lipinski definition) is 4. The predicted octanol–water partition coefficient (Wildman–Crippen LogP) is 3.66. The van der Waals surface area contributed by atoms with Gasteiger partial charge in [-0.15, -0.1) is 0 Å². The number of hydrogen-bond donors (Lipinski definition) is 3. The van der Waals surface area contributed by atoms with Crippen LogP contribution in [0.3, 0.4) is 0 Å². The Morgan fingerprint density at radius 3 is 2.75 bits per heavy atom. The maximum absolute atomic E-state index is 13.1. The first-order valence-electron chi connectivity index (χ1n) is 5.30. The number of benzene rings is 1. The number of aromatic nitrogens is 1. The molecule has 0 aliphatic heterocycles. The van der Waals surface area contributed by atoms with Crippen molar-refractivity contribution in [3.05, 3.63) is 45.3 Å². The summed E-state index contributed by atoms with van der Waals surface area (Å²) in [5, 5.41) is 11.8. The summed E-state index contributed by atoms with van der Waals surface area (Å²) in [6.07, 6.45) is 0. The van der Waals surface area contributed by atoms with Crippen LogP contribution in [-0.4, -0.2) is 16.1 Å². The van der Waals surface area contributed by atoms with Crippen LogP contribution in [0, 0.1) is 5.82 Å². The quantitative estimate of drug-likeness (QED) is 0.777. The number of aromatic carboxylic acids is 1. The molecule has 0 unspecified atom stereocenters. The molecule has 4 N–H and O–H groups in total. The monoisotopic (exact) mass is 359 g/mol. The minimum Gasteiger partial charge on any atom is -0.477 e. The van der Waals surface area contributed by atoms with E-state index < -0.39 is 11.8 Å². The number of nitrogens with one attached hydrogen (secondary N) is 1. The van der Waals surface area contributed by atoms with Crippen LogP contribution in [-0.2, 0) is 0 Å². The van der Waals surface area contributed by atoms with E-state index in [9.17, 15) is 9.18 Å². The lowest BCUT2D eigenvalue weighted by atomic mass is 10.2. The zero-order chi connectivity index (χ0) is 14.9. The van der Waals surface area contributed by atoms with Crippen LogP contribution in [0.15, 0.2) is 28.7 Å². The number of nitrogens with zero attached hydrogens (tertiary/aromatic N) is 1. The van der Waals surface area contributed by atoms with E-state index in [2.05, 4.69) is 26.2 Å². The van der Waals surface area contributed by atoms with Gasteiger partial charge in [0.25, 0.3) is 0 Å². The molecule has 1 heterocycles. The maximum atomic E-state index is 13.1. The second-order valence-corrected chi connectivity index (χ2v) is 5.07. The van der Waals surface area contributed by atoms with E-state index in [-0.39, 0.29) is 22.2 Å². The summed E-state index contributed by atoms with van der Waals surface area (Å²) in [6, 6.07) is 5.02. The molecule has 2 rings (SSSR count). The van der Waals surface area contributed by atoms with Gasteiger partial charge in [-0.1, -0.05) is 11.6 Å². The van der Waals surface area contributed by atoms with Crippen molar-refractivity contribution < 1.29 is 14.3 Å². The first-order chi connectivity index (χ1) is 9.38. The Bertz CT molecular complexity index is 673. The highest BCUT2D eigenvalue weighted by atomic mass is 79.9. The van der Waals surface area contributed by atoms with Gasteiger partial charge in [0.15, 0.2) is 11.5 Å². The number of nitrogen functional groups attached to an aromatic ring is 1. The fourth-order valence-electron chi connectivity index (χ4n) is 1.47. The number of carboxylic acids is 1. The summed E-state index contributed by atoms with van der Waals surface area (Å²) in [5.41, 5.74) is 6.13. The van der Waals surface area contributed by atoms with Crippen molar-refractivity contribution in [1.82, 2.24) is 4.98 Å².